The van der Waals surface area contributed by atoms with E-state index < -0.39 is 0 Å². The molecule has 2 rings (SSSR count). The number of ether oxygens (including phenoxy) is 1. The van der Waals surface area contributed by atoms with Gasteiger partial charge in [0.05, 0.1) is 26.2 Å². The number of anilines is 1. The molecule has 1 amide bonds. The lowest BCUT2D eigenvalue weighted by atomic mass is 10.1. The van der Waals surface area contributed by atoms with Crippen molar-refractivity contribution in [2.24, 2.45) is 0 Å². The molecule has 0 aliphatic rings. The standard InChI is InChI=1S/C15H15NO4/c1-19-15(18)9-11-4-6-12(7-5-11)16-14(17)10-13-3-2-8-20-13/h2-8H,9-10H2,1H3,(H,16,17). The number of hydrogen-bond acceptors (Lipinski definition) is 4. The number of furan rings is 1. The Hall–Kier alpha value is -2.56. The summed E-state index contributed by atoms with van der Waals surface area (Å²) in [5.41, 5.74) is 1.51. The largest absolute Gasteiger partial charge is 0.469 e. The predicted molar refractivity (Wildman–Crippen MR) is 73.2 cm³/mol. The zero-order valence-corrected chi connectivity index (χ0v) is 11.1. The molecule has 0 spiro atoms. The van der Waals surface area contributed by atoms with Crippen molar-refractivity contribution in [2.45, 2.75) is 12.8 Å². The van der Waals surface area contributed by atoms with Gasteiger partial charge >= 0.3 is 5.97 Å². The Bertz CT molecular complexity index is 572. The second kappa shape index (κ2) is 6.56. The second-order valence-electron chi connectivity index (χ2n) is 4.25. The van der Waals surface area contributed by atoms with E-state index in [1.807, 2.05) is 0 Å². The van der Waals surface area contributed by atoms with Gasteiger partial charge in [-0.3, -0.25) is 9.59 Å². The predicted octanol–water partition coefficient (Wildman–Crippen LogP) is 2.18. The van der Waals surface area contributed by atoms with E-state index in [-0.39, 0.29) is 24.7 Å². The minimum atomic E-state index is -0.292. The lowest BCUT2D eigenvalue weighted by Gasteiger charge is -2.05. The molecular weight excluding hydrogens is 258 g/mol. The Morgan fingerprint density at radius 2 is 1.90 bits per heavy atom. The van der Waals surface area contributed by atoms with Crippen LogP contribution >= 0.6 is 0 Å². The third-order valence-electron chi connectivity index (χ3n) is 2.73. The first kappa shape index (κ1) is 13.9. The number of amides is 1. The van der Waals surface area contributed by atoms with Crippen molar-refractivity contribution in [1.29, 1.82) is 0 Å². The quantitative estimate of drug-likeness (QED) is 0.848. The molecule has 1 aromatic heterocycles. The van der Waals surface area contributed by atoms with Crippen molar-refractivity contribution in [3.8, 4) is 0 Å². The molecule has 5 nitrogen and oxygen atoms in total. The minimum absolute atomic E-state index is 0.152. The number of carbonyl (C=O) groups excluding carboxylic acids is 2. The highest BCUT2D eigenvalue weighted by atomic mass is 16.5. The summed E-state index contributed by atoms with van der Waals surface area (Å²) in [6, 6.07) is 10.5. The molecule has 104 valence electrons. The van der Waals surface area contributed by atoms with Gasteiger partial charge in [-0.1, -0.05) is 12.1 Å². The lowest BCUT2D eigenvalue weighted by Crippen LogP contribution is -2.14. The van der Waals surface area contributed by atoms with Crippen LogP contribution in [0.3, 0.4) is 0 Å². The van der Waals surface area contributed by atoms with Gasteiger partial charge < -0.3 is 14.5 Å². The van der Waals surface area contributed by atoms with Crippen LogP contribution in [-0.2, 0) is 27.2 Å². The van der Waals surface area contributed by atoms with Crippen molar-refractivity contribution in [3.63, 3.8) is 0 Å². The van der Waals surface area contributed by atoms with Crippen molar-refractivity contribution in [1.82, 2.24) is 0 Å². The molecule has 0 unspecified atom stereocenters. The van der Waals surface area contributed by atoms with Gasteiger partial charge in [-0.15, -0.1) is 0 Å². The summed E-state index contributed by atoms with van der Waals surface area (Å²) < 4.78 is 9.69. The summed E-state index contributed by atoms with van der Waals surface area (Å²) in [6.07, 6.45) is 1.94. The first-order chi connectivity index (χ1) is 9.67. The van der Waals surface area contributed by atoms with Gasteiger partial charge in [0.15, 0.2) is 0 Å². The Morgan fingerprint density at radius 3 is 2.50 bits per heavy atom. The number of nitrogens with one attached hydrogen (secondary N) is 1. The fourth-order valence-corrected chi connectivity index (χ4v) is 1.72. The number of hydrogen-bond donors (Lipinski definition) is 1. The highest BCUT2D eigenvalue weighted by Gasteiger charge is 2.07. The van der Waals surface area contributed by atoms with Crippen LogP contribution in [0.15, 0.2) is 47.1 Å². The molecule has 1 heterocycles. The van der Waals surface area contributed by atoms with E-state index in [4.69, 9.17) is 4.42 Å². The zero-order chi connectivity index (χ0) is 14.4. The van der Waals surface area contributed by atoms with Gasteiger partial charge in [0, 0.05) is 5.69 Å². The molecule has 1 N–H and O–H groups in total. The van der Waals surface area contributed by atoms with Crippen LogP contribution in [0.1, 0.15) is 11.3 Å². The van der Waals surface area contributed by atoms with Crippen LogP contribution in [0, 0.1) is 0 Å². The number of benzene rings is 1. The zero-order valence-electron chi connectivity index (χ0n) is 11.1. The lowest BCUT2D eigenvalue weighted by molar-refractivity contribution is -0.139. The van der Waals surface area contributed by atoms with E-state index >= 15 is 0 Å². The molecule has 5 heteroatoms. The minimum Gasteiger partial charge on any atom is -0.469 e. The third kappa shape index (κ3) is 3.98. The van der Waals surface area contributed by atoms with Crippen molar-refractivity contribution < 1.29 is 18.7 Å². The maximum atomic E-state index is 11.7. The Balaban J connectivity index is 1.90. The molecule has 1 aromatic carbocycles. The molecule has 0 aliphatic carbocycles. The molecular formula is C15H15NO4. The van der Waals surface area contributed by atoms with E-state index in [0.717, 1.165) is 5.56 Å². The van der Waals surface area contributed by atoms with Gasteiger partial charge in [0.25, 0.3) is 0 Å². The molecule has 0 bridgehead atoms. The fourth-order valence-electron chi connectivity index (χ4n) is 1.72. The summed E-state index contributed by atoms with van der Waals surface area (Å²) in [7, 11) is 1.35. The van der Waals surface area contributed by atoms with Crippen LogP contribution in [0.5, 0.6) is 0 Å². The maximum Gasteiger partial charge on any atom is 0.309 e. The molecule has 0 radical (unpaired) electrons. The average molecular weight is 273 g/mol. The maximum absolute atomic E-state index is 11.7. The first-order valence-electron chi connectivity index (χ1n) is 6.15. The molecule has 2 aromatic rings. The van der Waals surface area contributed by atoms with Crippen molar-refractivity contribution in [2.75, 3.05) is 12.4 Å². The van der Waals surface area contributed by atoms with Gasteiger partial charge in [0.1, 0.15) is 5.76 Å². The third-order valence-corrected chi connectivity index (χ3v) is 2.73. The van der Waals surface area contributed by atoms with Gasteiger partial charge in [-0.2, -0.15) is 0 Å². The topological polar surface area (TPSA) is 68.5 Å². The second-order valence-corrected chi connectivity index (χ2v) is 4.25. The van der Waals surface area contributed by atoms with Crippen LogP contribution < -0.4 is 5.32 Å². The molecule has 0 atom stereocenters. The van der Waals surface area contributed by atoms with Gasteiger partial charge in [0.2, 0.25) is 5.91 Å². The Labute approximate surface area is 116 Å². The first-order valence-corrected chi connectivity index (χ1v) is 6.15. The Morgan fingerprint density at radius 1 is 1.15 bits per heavy atom. The van der Waals surface area contributed by atoms with Gasteiger partial charge in [-0.05, 0) is 29.8 Å². The molecule has 0 saturated heterocycles. The normalized spacial score (nSPS) is 10.1. The monoisotopic (exact) mass is 273 g/mol. The number of rotatable bonds is 5. The van der Waals surface area contributed by atoms with E-state index in [1.54, 1.807) is 36.4 Å². The number of methoxy groups -OCH3 is 1. The summed E-state index contributed by atoms with van der Waals surface area (Å²) in [6.45, 7) is 0. The van der Waals surface area contributed by atoms with E-state index in [2.05, 4.69) is 10.1 Å². The fraction of sp³-hybridized carbons (Fsp3) is 0.200. The van der Waals surface area contributed by atoms with E-state index in [0.29, 0.717) is 11.4 Å². The van der Waals surface area contributed by atoms with Crippen LogP contribution in [-0.4, -0.2) is 19.0 Å². The van der Waals surface area contributed by atoms with Crippen LogP contribution in [0.25, 0.3) is 0 Å². The van der Waals surface area contributed by atoms with E-state index in [9.17, 15) is 9.59 Å². The summed E-state index contributed by atoms with van der Waals surface area (Å²) in [5, 5.41) is 2.76. The summed E-state index contributed by atoms with van der Waals surface area (Å²) in [4.78, 5) is 22.9. The molecule has 0 saturated carbocycles. The molecule has 0 fully saturated rings. The highest BCUT2D eigenvalue weighted by molar-refractivity contribution is 5.91. The number of carbonyl (C=O) groups is 2. The summed E-state index contributed by atoms with van der Waals surface area (Å²) in [5.74, 6) is 0.171. The SMILES string of the molecule is COC(=O)Cc1ccc(NC(=O)Cc2ccco2)cc1. The Kier molecular flexibility index (Phi) is 4.55. The molecule has 0 aliphatic heterocycles. The van der Waals surface area contributed by atoms with Crippen LogP contribution in [0.2, 0.25) is 0 Å². The van der Waals surface area contributed by atoms with Crippen molar-refractivity contribution in [3.05, 3.63) is 54.0 Å². The average Bonchev–Trinajstić information content (AvgIpc) is 2.93. The van der Waals surface area contributed by atoms with E-state index in [1.165, 1.54) is 13.4 Å². The number of esters is 1. The smallest absolute Gasteiger partial charge is 0.309 e. The van der Waals surface area contributed by atoms with Crippen molar-refractivity contribution >= 4 is 17.6 Å². The summed E-state index contributed by atoms with van der Waals surface area (Å²) >= 11 is 0. The van der Waals surface area contributed by atoms with Gasteiger partial charge in [-0.25, -0.2) is 0 Å². The van der Waals surface area contributed by atoms with Crippen LogP contribution in [0.4, 0.5) is 5.69 Å². The highest BCUT2D eigenvalue weighted by Crippen LogP contribution is 2.11. The molecule has 20 heavy (non-hydrogen) atoms.